The lowest BCUT2D eigenvalue weighted by Gasteiger charge is -2.36. The molecule has 1 rings (SSSR count). The molecule has 0 unspecified atom stereocenters. The Kier molecular flexibility index (Phi) is 2.86. The molecule has 3 N–H and O–H groups in total. The molecule has 1 amide bonds. The monoisotopic (exact) mass is 211 g/mol. The molecule has 0 saturated carbocycles. The summed E-state index contributed by atoms with van der Waals surface area (Å²) in [6, 6.07) is 0. The lowest BCUT2D eigenvalue weighted by Crippen LogP contribution is -2.53. The zero-order chi connectivity index (χ0) is 11.7. The van der Waals surface area contributed by atoms with E-state index in [-0.39, 0.29) is 5.91 Å². The number of amides is 1. The largest absolute Gasteiger partial charge is 0.363 e. The Morgan fingerprint density at radius 1 is 1.47 bits per heavy atom. The van der Waals surface area contributed by atoms with E-state index in [1.54, 1.807) is 13.8 Å². The van der Waals surface area contributed by atoms with Crippen LogP contribution < -0.4 is 11.1 Å². The number of nitrogens with one attached hydrogen (secondary N) is 1. The van der Waals surface area contributed by atoms with Gasteiger partial charge in [-0.05, 0) is 27.7 Å². The van der Waals surface area contributed by atoms with Crippen molar-refractivity contribution in [3.05, 3.63) is 12.5 Å². The van der Waals surface area contributed by atoms with Crippen LogP contribution >= 0.6 is 0 Å². The molecule has 0 aliphatic carbocycles. The van der Waals surface area contributed by atoms with Gasteiger partial charge in [-0.25, -0.2) is 0 Å². The molecule has 0 fully saturated rings. The van der Waals surface area contributed by atoms with Crippen LogP contribution in [0.15, 0.2) is 17.0 Å². The van der Waals surface area contributed by atoms with Crippen molar-refractivity contribution in [2.45, 2.75) is 33.2 Å². The molecular weight excluding hydrogens is 194 g/mol. The molecule has 1 heterocycles. The number of hydrogen-bond acceptors (Lipinski definition) is 4. The van der Waals surface area contributed by atoms with E-state index in [2.05, 4.69) is 15.0 Å². The molecular formula is C10H17N3O2. The number of aromatic nitrogens is 1. The van der Waals surface area contributed by atoms with Crippen molar-refractivity contribution >= 4 is 11.6 Å². The van der Waals surface area contributed by atoms with Crippen LogP contribution in [0, 0.1) is 5.41 Å². The average molecular weight is 211 g/mol. The summed E-state index contributed by atoms with van der Waals surface area (Å²) in [6.45, 7) is 7.24. The topological polar surface area (TPSA) is 81.2 Å². The number of nitrogens with zero attached hydrogens (tertiary/aromatic N) is 1. The van der Waals surface area contributed by atoms with Crippen LogP contribution in [0.4, 0.5) is 5.69 Å². The van der Waals surface area contributed by atoms with Crippen LogP contribution in [0.2, 0.25) is 0 Å². The molecule has 5 heteroatoms. The van der Waals surface area contributed by atoms with E-state index in [1.807, 2.05) is 13.8 Å². The van der Waals surface area contributed by atoms with E-state index in [1.165, 1.54) is 12.5 Å². The van der Waals surface area contributed by atoms with Gasteiger partial charge in [0.1, 0.15) is 12.0 Å². The Hall–Kier alpha value is -1.36. The minimum Gasteiger partial charge on any atom is -0.363 e. The fourth-order valence-corrected chi connectivity index (χ4v) is 0.847. The van der Waals surface area contributed by atoms with Gasteiger partial charge in [-0.1, -0.05) is 5.16 Å². The van der Waals surface area contributed by atoms with Crippen LogP contribution in [0.25, 0.3) is 0 Å². The first-order chi connectivity index (χ1) is 6.75. The van der Waals surface area contributed by atoms with Gasteiger partial charge in [0.15, 0.2) is 0 Å². The minimum absolute atomic E-state index is 0.154. The summed E-state index contributed by atoms with van der Waals surface area (Å²) >= 11 is 0. The van der Waals surface area contributed by atoms with Crippen LogP contribution in [-0.2, 0) is 4.79 Å². The van der Waals surface area contributed by atoms with Gasteiger partial charge in [0.05, 0.1) is 11.6 Å². The summed E-state index contributed by atoms with van der Waals surface area (Å²) < 4.78 is 4.62. The van der Waals surface area contributed by atoms with Gasteiger partial charge >= 0.3 is 0 Å². The Labute approximate surface area is 89.0 Å². The normalized spacial score (nSPS) is 12.6. The molecule has 0 aromatic carbocycles. The standard InChI is InChI=1S/C10H17N3O2/c1-9(2,10(3,4)11)8(14)13-7-5-12-15-6-7/h5-6H,11H2,1-4H3,(H,13,14). The predicted octanol–water partition coefficient (Wildman–Crippen LogP) is 1.38. The molecule has 0 atom stereocenters. The summed E-state index contributed by atoms with van der Waals surface area (Å²) in [4.78, 5) is 11.9. The Balaban J connectivity index is 2.77. The molecule has 84 valence electrons. The first kappa shape index (κ1) is 11.7. The van der Waals surface area contributed by atoms with E-state index in [4.69, 9.17) is 5.73 Å². The number of carbonyl (C=O) groups excluding carboxylic acids is 1. The number of anilines is 1. The quantitative estimate of drug-likeness (QED) is 0.791. The zero-order valence-electron chi connectivity index (χ0n) is 9.50. The third-order valence-corrected chi connectivity index (χ3v) is 2.87. The molecule has 0 aliphatic heterocycles. The van der Waals surface area contributed by atoms with E-state index in [0.717, 1.165) is 0 Å². The first-order valence-electron chi connectivity index (χ1n) is 4.75. The summed E-state index contributed by atoms with van der Waals surface area (Å²) in [5.41, 5.74) is 5.20. The molecule has 1 aromatic rings. The maximum absolute atomic E-state index is 11.9. The van der Waals surface area contributed by atoms with Gasteiger partial charge in [-0.3, -0.25) is 4.79 Å². The van der Waals surface area contributed by atoms with E-state index in [9.17, 15) is 4.79 Å². The highest BCUT2D eigenvalue weighted by atomic mass is 16.5. The summed E-state index contributed by atoms with van der Waals surface area (Å²) in [7, 11) is 0. The fraction of sp³-hybridized carbons (Fsp3) is 0.600. The fourth-order valence-electron chi connectivity index (χ4n) is 0.847. The Morgan fingerprint density at radius 2 is 2.07 bits per heavy atom. The number of rotatable bonds is 3. The molecule has 0 bridgehead atoms. The summed E-state index contributed by atoms with van der Waals surface area (Å²) in [6.07, 6.45) is 2.81. The third-order valence-electron chi connectivity index (χ3n) is 2.87. The molecule has 0 radical (unpaired) electrons. The third kappa shape index (κ3) is 2.36. The van der Waals surface area contributed by atoms with Gasteiger partial charge < -0.3 is 15.6 Å². The second-order valence-corrected chi connectivity index (χ2v) is 4.71. The molecule has 0 spiro atoms. The van der Waals surface area contributed by atoms with Crippen molar-refractivity contribution in [1.29, 1.82) is 0 Å². The number of hydrogen-bond donors (Lipinski definition) is 2. The molecule has 1 aromatic heterocycles. The highest BCUT2D eigenvalue weighted by Crippen LogP contribution is 2.29. The lowest BCUT2D eigenvalue weighted by atomic mass is 9.74. The van der Waals surface area contributed by atoms with Gasteiger partial charge in [0.2, 0.25) is 5.91 Å². The predicted molar refractivity (Wildman–Crippen MR) is 57.2 cm³/mol. The van der Waals surface area contributed by atoms with Crippen molar-refractivity contribution in [3.63, 3.8) is 0 Å². The van der Waals surface area contributed by atoms with Crippen molar-refractivity contribution in [1.82, 2.24) is 5.16 Å². The minimum atomic E-state index is -0.676. The molecule has 0 saturated heterocycles. The van der Waals surface area contributed by atoms with Crippen molar-refractivity contribution < 1.29 is 9.32 Å². The van der Waals surface area contributed by atoms with Gasteiger partial charge in [0.25, 0.3) is 0 Å². The molecule has 15 heavy (non-hydrogen) atoms. The van der Waals surface area contributed by atoms with Crippen molar-refractivity contribution in [2.75, 3.05) is 5.32 Å². The number of carbonyl (C=O) groups is 1. The van der Waals surface area contributed by atoms with Gasteiger partial charge in [-0.2, -0.15) is 0 Å². The van der Waals surface area contributed by atoms with Crippen LogP contribution in [0.3, 0.4) is 0 Å². The second kappa shape index (κ2) is 3.66. The van der Waals surface area contributed by atoms with E-state index in [0.29, 0.717) is 5.69 Å². The molecule has 0 aliphatic rings. The SMILES string of the molecule is CC(C)(N)C(C)(C)C(=O)Nc1cnoc1. The van der Waals surface area contributed by atoms with Gasteiger partial charge in [0, 0.05) is 5.54 Å². The summed E-state index contributed by atoms with van der Waals surface area (Å²) in [5, 5.41) is 6.19. The molecule has 5 nitrogen and oxygen atoms in total. The maximum atomic E-state index is 11.9. The second-order valence-electron chi connectivity index (χ2n) is 4.71. The maximum Gasteiger partial charge on any atom is 0.231 e. The average Bonchev–Trinajstić information content (AvgIpc) is 2.54. The van der Waals surface area contributed by atoms with Gasteiger partial charge in [-0.15, -0.1) is 0 Å². The van der Waals surface area contributed by atoms with E-state index < -0.39 is 11.0 Å². The highest BCUT2D eigenvalue weighted by Gasteiger charge is 2.40. The van der Waals surface area contributed by atoms with E-state index >= 15 is 0 Å². The van der Waals surface area contributed by atoms with Crippen LogP contribution in [0.5, 0.6) is 0 Å². The zero-order valence-corrected chi connectivity index (χ0v) is 9.50. The highest BCUT2D eigenvalue weighted by molar-refractivity contribution is 5.95. The first-order valence-corrected chi connectivity index (χ1v) is 4.75. The Morgan fingerprint density at radius 3 is 2.47 bits per heavy atom. The lowest BCUT2D eigenvalue weighted by molar-refractivity contribution is -0.126. The van der Waals surface area contributed by atoms with Crippen LogP contribution in [-0.4, -0.2) is 16.6 Å². The smallest absolute Gasteiger partial charge is 0.231 e. The van der Waals surface area contributed by atoms with Crippen LogP contribution in [0.1, 0.15) is 27.7 Å². The number of nitrogens with two attached hydrogens (primary N) is 1. The Bertz CT molecular complexity index is 336. The summed E-state index contributed by atoms with van der Waals surface area (Å²) in [5.74, 6) is -0.154. The van der Waals surface area contributed by atoms with Crippen molar-refractivity contribution in [3.8, 4) is 0 Å². The van der Waals surface area contributed by atoms with Crippen molar-refractivity contribution in [2.24, 2.45) is 11.1 Å².